The van der Waals surface area contributed by atoms with Gasteiger partial charge in [0.2, 0.25) is 0 Å². The van der Waals surface area contributed by atoms with Crippen molar-refractivity contribution >= 4 is 70.1 Å². The van der Waals surface area contributed by atoms with Crippen LogP contribution in [0.2, 0.25) is 10.0 Å². The fourth-order valence-electron chi connectivity index (χ4n) is 4.17. The highest BCUT2D eigenvalue weighted by Crippen LogP contribution is 2.27. The number of esters is 2. The van der Waals surface area contributed by atoms with Crippen LogP contribution in [0.25, 0.3) is 0 Å². The molecule has 0 aliphatic carbocycles. The Bertz CT molecular complexity index is 1670. The maximum atomic E-state index is 13.1. The summed E-state index contributed by atoms with van der Waals surface area (Å²) in [5.41, 5.74) is 1.91. The summed E-state index contributed by atoms with van der Waals surface area (Å²) >= 11 is 12.1. The SMILES string of the molecule is Cc1c(Cl)cccc1NC(=O)COC(=O)c1ccc2c(c1)C(=O)N([C@@H](C)C(=O)OCC(=O)Nc1cccc(Cl)c1C)C2=O. The number of carbonyl (C=O) groups is 6. The summed E-state index contributed by atoms with van der Waals surface area (Å²) in [6.45, 7) is 3.42. The number of amides is 4. The molecule has 0 radical (unpaired) electrons. The molecule has 0 aromatic heterocycles. The van der Waals surface area contributed by atoms with Crippen LogP contribution >= 0.6 is 23.2 Å². The lowest BCUT2D eigenvalue weighted by Crippen LogP contribution is -2.44. The Hall–Kier alpha value is -4.74. The maximum absolute atomic E-state index is 13.1. The van der Waals surface area contributed by atoms with Crippen LogP contribution in [0, 0.1) is 13.8 Å². The van der Waals surface area contributed by atoms with Crippen molar-refractivity contribution in [1.29, 1.82) is 0 Å². The van der Waals surface area contributed by atoms with Crippen LogP contribution < -0.4 is 10.6 Å². The van der Waals surface area contributed by atoms with Crippen LogP contribution in [-0.2, 0) is 23.9 Å². The Kier molecular flexibility index (Phi) is 9.47. The zero-order valence-corrected chi connectivity index (χ0v) is 24.7. The van der Waals surface area contributed by atoms with Crippen molar-refractivity contribution < 1.29 is 38.2 Å². The molecule has 4 rings (SSSR count). The molecule has 1 aliphatic rings. The molecular formula is C30H25Cl2N3O8. The molecule has 3 aromatic carbocycles. The third kappa shape index (κ3) is 6.85. The van der Waals surface area contributed by atoms with Gasteiger partial charge in [0.15, 0.2) is 13.2 Å². The number of halogens is 2. The molecule has 43 heavy (non-hydrogen) atoms. The fourth-order valence-corrected chi connectivity index (χ4v) is 4.52. The minimum atomic E-state index is -1.37. The summed E-state index contributed by atoms with van der Waals surface area (Å²) < 4.78 is 10.1. The normalized spacial score (nSPS) is 12.8. The first-order valence-electron chi connectivity index (χ1n) is 12.8. The first-order chi connectivity index (χ1) is 20.4. The average Bonchev–Trinajstić information content (AvgIpc) is 3.23. The van der Waals surface area contributed by atoms with Crippen molar-refractivity contribution in [1.82, 2.24) is 4.90 Å². The van der Waals surface area contributed by atoms with Crippen LogP contribution in [0.3, 0.4) is 0 Å². The quantitative estimate of drug-likeness (QED) is 0.259. The van der Waals surface area contributed by atoms with E-state index in [1.165, 1.54) is 19.1 Å². The van der Waals surface area contributed by atoms with Gasteiger partial charge in [-0.2, -0.15) is 0 Å². The molecule has 11 nitrogen and oxygen atoms in total. The summed E-state index contributed by atoms with van der Waals surface area (Å²) in [5.74, 6) is -4.78. The third-order valence-electron chi connectivity index (χ3n) is 6.65. The number of carbonyl (C=O) groups excluding carboxylic acids is 6. The van der Waals surface area contributed by atoms with Crippen molar-refractivity contribution in [3.63, 3.8) is 0 Å². The predicted molar refractivity (Wildman–Crippen MR) is 157 cm³/mol. The number of rotatable bonds is 9. The number of benzene rings is 3. The monoisotopic (exact) mass is 625 g/mol. The van der Waals surface area contributed by atoms with E-state index in [0.29, 0.717) is 37.4 Å². The van der Waals surface area contributed by atoms with E-state index in [0.717, 1.165) is 6.07 Å². The zero-order chi connectivity index (χ0) is 31.4. The number of nitrogens with zero attached hydrogens (tertiary/aromatic N) is 1. The smallest absolute Gasteiger partial charge is 0.338 e. The van der Waals surface area contributed by atoms with Crippen LogP contribution in [0.1, 0.15) is 49.1 Å². The number of hydrogen-bond donors (Lipinski definition) is 2. The number of nitrogens with one attached hydrogen (secondary N) is 2. The van der Waals surface area contributed by atoms with Crippen molar-refractivity contribution in [3.8, 4) is 0 Å². The van der Waals surface area contributed by atoms with Gasteiger partial charge in [-0.3, -0.25) is 24.1 Å². The lowest BCUT2D eigenvalue weighted by atomic mass is 10.1. The van der Waals surface area contributed by atoms with Gasteiger partial charge in [0, 0.05) is 21.4 Å². The Morgan fingerprint density at radius 3 is 1.84 bits per heavy atom. The Morgan fingerprint density at radius 2 is 1.28 bits per heavy atom. The molecule has 0 saturated carbocycles. The van der Waals surface area contributed by atoms with E-state index in [9.17, 15) is 28.8 Å². The lowest BCUT2D eigenvalue weighted by Gasteiger charge is -2.20. The molecule has 0 saturated heterocycles. The zero-order valence-electron chi connectivity index (χ0n) is 23.2. The van der Waals surface area contributed by atoms with Gasteiger partial charge in [0.1, 0.15) is 6.04 Å². The van der Waals surface area contributed by atoms with Gasteiger partial charge in [-0.05, 0) is 74.4 Å². The first kappa shape index (κ1) is 31.2. The van der Waals surface area contributed by atoms with E-state index >= 15 is 0 Å². The van der Waals surface area contributed by atoms with Crippen molar-refractivity contribution in [3.05, 3.63) is 92.5 Å². The first-order valence-corrected chi connectivity index (χ1v) is 13.6. The number of anilines is 2. The van der Waals surface area contributed by atoms with Crippen molar-refractivity contribution in [2.75, 3.05) is 23.8 Å². The molecule has 1 atom stereocenters. The number of fused-ring (bicyclic) bond motifs is 1. The van der Waals surface area contributed by atoms with E-state index in [2.05, 4.69) is 10.6 Å². The van der Waals surface area contributed by atoms with Gasteiger partial charge in [0.25, 0.3) is 23.6 Å². The van der Waals surface area contributed by atoms with Gasteiger partial charge >= 0.3 is 11.9 Å². The highest BCUT2D eigenvalue weighted by molar-refractivity contribution is 6.32. The second kappa shape index (κ2) is 13.1. The van der Waals surface area contributed by atoms with Gasteiger partial charge in [-0.1, -0.05) is 35.3 Å². The van der Waals surface area contributed by atoms with E-state index < -0.39 is 54.8 Å². The molecular weight excluding hydrogens is 601 g/mol. The molecule has 4 amide bonds. The highest BCUT2D eigenvalue weighted by Gasteiger charge is 2.42. The van der Waals surface area contributed by atoms with Gasteiger partial charge in [-0.15, -0.1) is 0 Å². The third-order valence-corrected chi connectivity index (χ3v) is 7.46. The Morgan fingerprint density at radius 1 is 0.767 bits per heavy atom. The highest BCUT2D eigenvalue weighted by atomic mass is 35.5. The van der Waals surface area contributed by atoms with Gasteiger partial charge < -0.3 is 20.1 Å². The molecule has 3 aromatic rings. The molecule has 0 unspecified atom stereocenters. The fraction of sp³-hybridized carbons (Fsp3) is 0.200. The summed E-state index contributed by atoms with van der Waals surface area (Å²) in [6, 6.07) is 12.2. The molecule has 0 spiro atoms. The summed E-state index contributed by atoms with van der Waals surface area (Å²) in [4.78, 5) is 76.5. The predicted octanol–water partition coefficient (Wildman–Crippen LogP) is 4.57. The van der Waals surface area contributed by atoms with Crippen LogP contribution in [0.15, 0.2) is 54.6 Å². The molecule has 1 heterocycles. The molecule has 0 bridgehead atoms. The summed E-state index contributed by atoms with van der Waals surface area (Å²) in [7, 11) is 0. The van der Waals surface area contributed by atoms with Crippen LogP contribution in [0.5, 0.6) is 0 Å². The number of hydrogen-bond acceptors (Lipinski definition) is 8. The molecule has 1 aliphatic heterocycles. The van der Waals surface area contributed by atoms with Crippen molar-refractivity contribution in [2.45, 2.75) is 26.8 Å². The van der Waals surface area contributed by atoms with E-state index in [4.69, 9.17) is 32.7 Å². The average molecular weight is 626 g/mol. The van der Waals surface area contributed by atoms with Gasteiger partial charge in [-0.25, -0.2) is 9.59 Å². The van der Waals surface area contributed by atoms with E-state index in [-0.39, 0.29) is 16.7 Å². The minimum absolute atomic E-state index is 0.0375. The van der Waals surface area contributed by atoms with Crippen LogP contribution in [-0.4, -0.2) is 59.7 Å². The van der Waals surface area contributed by atoms with Crippen molar-refractivity contribution in [2.24, 2.45) is 0 Å². The Balaban J connectivity index is 1.34. The maximum Gasteiger partial charge on any atom is 0.338 e. The molecule has 13 heteroatoms. The van der Waals surface area contributed by atoms with E-state index in [1.807, 2.05) is 0 Å². The number of ether oxygens (including phenoxy) is 2. The second-order valence-corrected chi connectivity index (χ2v) is 10.3. The molecule has 0 fully saturated rings. The molecule has 2 N–H and O–H groups in total. The minimum Gasteiger partial charge on any atom is -0.454 e. The number of imide groups is 1. The largest absolute Gasteiger partial charge is 0.454 e. The topological polar surface area (TPSA) is 148 Å². The second-order valence-electron chi connectivity index (χ2n) is 9.52. The van der Waals surface area contributed by atoms with Gasteiger partial charge in [0.05, 0.1) is 16.7 Å². The van der Waals surface area contributed by atoms with Crippen LogP contribution in [0.4, 0.5) is 11.4 Å². The Labute approximate surface area is 256 Å². The summed E-state index contributed by atoms with van der Waals surface area (Å²) in [5, 5.41) is 6.07. The molecule has 222 valence electrons. The van der Waals surface area contributed by atoms with E-state index in [1.54, 1.807) is 50.2 Å². The standard InChI is InChI=1S/C30H25Cl2N3O8/c1-15-21(31)6-4-8-23(15)33-25(36)13-42-29(40)17(3)35-27(38)19-11-10-18(12-20(19)28(35)39)30(41)43-14-26(37)34-24-9-5-7-22(32)16(24)2/h4-12,17H,13-14H2,1-3H3,(H,33,36)(H,34,37)/t17-/m0/s1. The lowest BCUT2D eigenvalue weighted by molar-refractivity contribution is -0.150. The summed E-state index contributed by atoms with van der Waals surface area (Å²) in [6.07, 6.45) is 0.